The first-order chi connectivity index (χ1) is 8.25. The number of pyridine rings is 1. The van der Waals surface area contributed by atoms with E-state index in [0.29, 0.717) is 12.6 Å². The van der Waals surface area contributed by atoms with E-state index in [4.69, 9.17) is 0 Å². The van der Waals surface area contributed by atoms with E-state index in [9.17, 15) is 9.18 Å². The van der Waals surface area contributed by atoms with Gasteiger partial charge in [0.05, 0.1) is 6.20 Å². The summed E-state index contributed by atoms with van der Waals surface area (Å²) in [5, 5.41) is 6.14. The van der Waals surface area contributed by atoms with E-state index in [2.05, 4.69) is 15.6 Å². The number of carbonyl (C=O) groups excluding carboxylic acids is 1. The Morgan fingerprint density at radius 3 is 3.12 bits per heavy atom. The molecule has 1 aromatic heterocycles. The van der Waals surface area contributed by atoms with Gasteiger partial charge in [-0.25, -0.2) is 9.37 Å². The second-order valence-corrected chi connectivity index (χ2v) is 4.20. The first-order valence-electron chi connectivity index (χ1n) is 5.89. The quantitative estimate of drug-likeness (QED) is 0.824. The van der Waals surface area contributed by atoms with Crippen LogP contribution < -0.4 is 10.6 Å². The monoisotopic (exact) mass is 237 g/mol. The number of rotatable bonds is 4. The van der Waals surface area contributed by atoms with Crippen LogP contribution in [0.25, 0.3) is 0 Å². The number of hydrogen-bond acceptors (Lipinski definition) is 3. The summed E-state index contributed by atoms with van der Waals surface area (Å²) < 4.78 is 12.6. The largest absolute Gasteiger partial charge is 0.351 e. The van der Waals surface area contributed by atoms with Crippen LogP contribution in [0.2, 0.25) is 0 Å². The molecule has 1 amide bonds. The maximum Gasteiger partial charge on any atom is 0.269 e. The summed E-state index contributed by atoms with van der Waals surface area (Å²) in [5.41, 5.74) is 0.255. The zero-order chi connectivity index (χ0) is 12.1. The van der Waals surface area contributed by atoms with Gasteiger partial charge in [0.25, 0.3) is 5.91 Å². The van der Waals surface area contributed by atoms with Gasteiger partial charge in [-0.2, -0.15) is 0 Å². The number of aromatic nitrogens is 1. The lowest BCUT2D eigenvalue weighted by atomic mass is 10.1. The Morgan fingerprint density at radius 1 is 1.59 bits per heavy atom. The van der Waals surface area contributed by atoms with Crippen molar-refractivity contribution in [2.75, 3.05) is 13.1 Å². The summed E-state index contributed by atoms with van der Waals surface area (Å²) in [6, 6.07) is 3.13. The average Bonchev–Trinajstić information content (AvgIpc) is 2.83. The molecule has 0 radical (unpaired) electrons. The Balaban J connectivity index is 1.75. The Hall–Kier alpha value is -1.49. The lowest BCUT2D eigenvalue weighted by Gasteiger charge is -2.10. The first-order valence-corrected chi connectivity index (χ1v) is 5.89. The molecule has 0 aromatic carbocycles. The van der Waals surface area contributed by atoms with Crippen LogP contribution in [-0.4, -0.2) is 30.0 Å². The van der Waals surface area contributed by atoms with E-state index in [1.54, 1.807) is 0 Å². The molecular weight excluding hydrogens is 221 g/mol. The maximum absolute atomic E-state index is 12.6. The van der Waals surface area contributed by atoms with Gasteiger partial charge < -0.3 is 10.6 Å². The Kier molecular flexibility index (Phi) is 4.03. The van der Waals surface area contributed by atoms with Crippen LogP contribution in [-0.2, 0) is 0 Å². The van der Waals surface area contributed by atoms with Crippen molar-refractivity contribution in [2.24, 2.45) is 0 Å². The van der Waals surface area contributed by atoms with Crippen molar-refractivity contribution in [3.05, 3.63) is 29.8 Å². The van der Waals surface area contributed by atoms with E-state index < -0.39 is 5.82 Å². The zero-order valence-electron chi connectivity index (χ0n) is 9.58. The van der Waals surface area contributed by atoms with E-state index in [1.165, 1.54) is 25.0 Å². The second kappa shape index (κ2) is 5.72. The molecule has 2 N–H and O–H groups in total. The van der Waals surface area contributed by atoms with Gasteiger partial charge in [0, 0.05) is 12.6 Å². The molecule has 0 bridgehead atoms. The fraction of sp³-hybridized carbons (Fsp3) is 0.500. The van der Waals surface area contributed by atoms with Gasteiger partial charge in [-0.15, -0.1) is 0 Å². The number of hydrogen-bond donors (Lipinski definition) is 2. The predicted molar refractivity (Wildman–Crippen MR) is 62.2 cm³/mol. The third-order valence-electron chi connectivity index (χ3n) is 2.90. The minimum Gasteiger partial charge on any atom is -0.351 e. The van der Waals surface area contributed by atoms with Gasteiger partial charge >= 0.3 is 0 Å². The Bertz CT molecular complexity index is 374. The third-order valence-corrected chi connectivity index (χ3v) is 2.90. The highest BCUT2D eigenvalue weighted by Crippen LogP contribution is 2.07. The van der Waals surface area contributed by atoms with Crippen LogP contribution in [0.15, 0.2) is 18.3 Å². The van der Waals surface area contributed by atoms with Crippen LogP contribution in [0, 0.1) is 5.82 Å². The highest BCUT2D eigenvalue weighted by atomic mass is 19.1. The normalized spacial score (nSPS) is 19.2. The summed E-state index contributed by atoms with van der Waals surface area (Å²) >= 11 is 0. The van der Waals surface area contributed by atoms with Gasteiger partial charge in [0.2, 0.25) is 0 Å². The molecule has 92 valence electrons. The number of nitrogens with zero attached hydrogens (tertiary/aromatic N) is 1. The van der Waals surface area contributed by atoms with Crippen LogP contribution in [0.1, 0.15) is 29.8 Å². The summed E-state index contributed by atoms with van der Waals surface area (Å²) in [6.07, 6.45) is 4.35. The molecule has 1 aromatic rings. The van der Waals surface area contributed by atoms with E-state index in [1.807, 2.05) is 0 Å². The van der Waals surface area contributed by atoms with Crippen LogP contribution in [0.5, 0.6) is 0 Å². The van der Waals surface area contributed by atoms with Crippen LogP contribution in [0.3, 0.4) is 0 Å². The smallest absolute Gasteiger partial charge is 0.269 e. The van der Waals surface area contributed by atoms with Gasteiger partial charge in [-0.3, -0.25) is 4.79 Å². The molecular formula is C12H16FN3O. The molecule has 0 aliphatic carbocycles. The predicted octanol–water partition coefficient (Wildman–Crippen LogP) is 1.09. The van der Waals surface area contributed by atoms with Crippen molar-refractivity contribution in [1.29, 1.82) is 0 Å². The van der Waals surface area contributed by atoms with Crippen molar-refractivity contribution in [1.82, 2.24) is 15.6 Å². The van der Waals surface area contributed by atoms with E-state index >= 15 is 0 Å². The number of carbonyl (C=O) groups is 1. The fourth-order valence-corrected chi connectivity index (χ4v) is 1.96. The highest BCUT2D eigenvalue weighted by Gasteiger charge is 2.14. The highest BCUT2D eigenvalue weighted by molar-refractivity contribution is 5.92. The molecule has 4 nitrogen and oxygen atoms in total. The van der Waals surface area contributed by atoms with Crippen molar-refractivity contribution < 1.29 is 9.18 Å². The Labute approximate surface area is 99.6 Å². The van der Waals surface area contributed by atoms with E-state index in [-0.39, 0.29) is 11.6 Å². The van der Waals surface area contributed by atoms with Gasteiger partial charge in [0.15, 0.2) is 0 Å². The van der Waals surface area contributed by atoms with E-state index in [0.717, 1.165) is 19.2 Å². The van der Waals surface area contributed by atoms with Crippen LogP contribution >= 0.6 is 0 Å². The maximum atomic E-state index is 12.6. The van der Waals surface area contributed by atoms with Crippen molar-refractivity contribution in [3.63, 3.8) is 0 Å². The minimum atomic E-state index is -0.434. The summed E-state index contributed by atoms with van der Waals surface area (Å²) in [4.78, 5) is 15.3. The summed E-state index contributed by atoms with van der Waals surface area (Å²) in [6.45, 7) is 1.69. The molecule has 1 aliphatic heterocycles. The molecule has 1 atom stereocenters. The lowest BCUT2D eigenvalue weighted by molar-refractivity contribution is 0.0947. The van der Waals surface area contributed by atoms with Gasteiger partial charge in [0.1, 0.15) is 11.5 Å². The second-order valence-electron chi connectivity index (χ2n) is 4.20. The van der Waals surface area contributed by atoms with Gasteiger partial charge in [-0.1, -0.05) is 0 Å². The van der Waals surface area contributed by atoms with Crippen molar-refractivity contribution in [2.45, 2.75) is 25.3 Å². The fourth-order valence-electron chi connectivity index (χ4n) is 1.96. The first kappa shape index (κ1) is 12.0. The molecule has 1 fully saturated rings. The molecule has 0 saturated carbocycles. The van der Waals surface area contributed by atoms with Gasteiger partial charge in [-0.05, 0) is 37.9 Å². The molecule has 17 heavy (non-hydrogen) atoms. The standard InChI is InChI=1S/C12H16FN3O/c13-9-3-4-11(16-8-9)12(17)15-7-5-10-2-1-6-14-10/h3-4,8,10,14H,1-2,5-7H2,(H,15,17)/t10-/m1/s1. The SMILES string of the molecule is O=C(NCC[C@H]1CCCN1)c1ccc(F)cn1. The molecule has 1 aliphatic rings. The molecule has 0 spiro atoms. The molecule has 1 saturated heterocycles. The number of amides is 1. The van der Waals surface area contributed by atoms with Crippen molar-refractivity contribution in [3.8, 4) is 0 Å². The molecule has 2 heterocycles. The summed E-state index contributed by atoms with van der Waals surface area (Å²) in [7, 11) is 0. The third kappa shape index (κ3) is 3.49. The summed E-state index contributed by atoms with van der Waals surface area (Å²) in [5.74, 6) is -0.681. The Morgan fingerprint density at radius 2 is 2.47 bits per heavy atom. The minimum absolute atomic E-state index is 0.247. The van der Waals surface area contributed by atoms with Crippen molar-refractivity contribution >= 4 is 5.91 Å². The number of halogens is 1. The molecule has 2 rings (SSSR count). The lowest BCUT2D eigenvalue weighted by Crippen LogP contribution is -2.31. The molecule has 0 unspecified atom stereocenters. The molecule has 5 heteroatoms. The zero-order valence-corrected chi connectivity index (χ0v) is 9.58. The number of nitrogens with one attached hydrogen (secondary N) is 2. The topological polar surface area (TPSA) is 54.0 Å². The average molecular weight is 237 g/mol. The van der Waals surface area contributed by atoms with Crippen LogP contribution in [0.4, 0.5) is 4.39 Å².